The molecule has 1 aliphatic rings. The van der Waals surface area contributed by atoms with Crippen molar-refractivity contribution >= 4 is 28.9 Å². The molecule has 3 N–H and O–H groups in total. The molecule has 1 aromatic carbocycles. The van der Waals surface area contributed by atoms with Crippen LogP contribution in [0.2, 0.25) is 0 Å². The number of hydrogen-bond acceptors (Lipinski definition) is 5. The summed E-state index contributed by atoms with van der Waals surface area (Å²) < 4.78 is 0. The molecule has 1 aliphatic heterocycles. The van der Waals surface area contributed by atoms with Crippen LogP contribution in [0.25, 0.3) is 0 Å². The molecule has 20 heavy (non-hydrogen) atoms. The summed E-state index contributed by atoms with van der Waals surface area (Å²) in [6, 6.07) is 2.33. The molecule has 0 saturated carbocycles. The average molecular weight is 279 g/mol. The molecule has 0 bridgehead atoms. The minimum absolute atomic E-state index is 0.112. The first-order valence-corrected chi connectivity index (χ1v) is 5.96. The summed E-state index contributed by atoms with van der Waals surface area (Å²) in [6.45, 7) is 1.61. The van der Waals surface area contributed by atoms with E-state index in [1.165, 1.54) is 12.1 Å². The second-order valence-corrected chi connectivity index (χ2v) is 4.65. The van der Waals surface area contributed by atoms with E-state index in [2.05, 4.69) is 10.6 Å². The number of carbonyl (C=O) groups excluding carboxylic acids is 1. The van der Waals surface area contributed by atoms with Crippen LogP contribution in [0.1, 0.15) is 18.9 Å². The molecule has 1 heterocycles. The lowest BCUT2D eigenvalue weighted by atomic mass is 10.1. The minimum Gasteiger partial charge on any atom is -0.481 e. The maximum absolute atomic E-state index is 11.3. The summed E-state index contributed by atoms with van der Waals surface area (Å²) in [6.07, 6.45) is -0.0538. The van der Waals surface area contributed by atoms with Crippen LogP contribution >= 0.6 is 0 Å². The van der Waals surface area contributed by atoms with Gasteiger partial charge in [-0.2, -0.15) is 0 Å². The van der Waals surface area contributed by atoms with Crippen LogP contribution in [-0.2, 0) is 16.0 Å². The van der Waals surface area contributed by atoms with Gasteiger partial charge in [0, 0.05) is 17.8 Å². The fourth-order valence-corrected chi connectivity index (χ4v) is 2.11. The Balaban J connectivity index is 2.32. The summed E-state index contributed by atoms with van der Waals surface area (Å²) >= 11 is 0. The normalized spacial score (nSPS) is 14.3. The van der Waals surface area contributed by atoms with Gasteiger partial charge in [-0.15, -0.1) is 0 Å². The first-order valence-electron chi connectivity index (χ1n) is 5.96. The first kappa shape index (κ1) is 13.8. The molecule has 0 fully saturated rings. The number of rotatable bonds is 5. The molecule has 106 valence electrons. The highest BCUT2D eigenvalue weighted by molar-refractivity contribution is 6.00. The van der Waals surface area contributed by atoms with Gasteiger partial charge in [0.2, 0.25) is 5.91 Å². The third-order valence-electron chi connectivity index (χ3n) is 2.93. The van der Waals surface area contributed by atoms with Crippen LogP contribution in [0.5, 0.6) is 0 Å². The van der Waals surface area contributed by atoms with Gasteiger partial charge in [-0.1, -0.05) is 0 Å². The van der Waals surface area contributed by atoms with E-state index in [1.807, 2.05) is 0 Å². The number of fused-ring (bicyclic) bond motifs is 1. The number of anilines is 2. The fourth-order valence-electron chi connectivity index (χ4n) is 2.11. The number of carboxylic acids is 1. The Kier molecular flexibility index (Phi) is 3.55. The molecule has 0 saturated heterocycles. The van der Waals surface area contributed by atoms with Crippen molar-refractivity contribution < 1.29 is 19.6 Å². The van der Waals surface area contributed by atoms with Crippen molar-refractivity contribution in [2.24, 2.45) is 0 Å². The molecule has 8 nitrogen and oxygen atoms in total. The molecule has 1 atom stereocenters. The monoisotopic (exact) mass is 279 g/mol. The summed E-state index contributed by atoms with van der Waals surface area (Å²) in [5.41, 5.74) is 1.12. The standard InChI is InChI=1S/C12H13N3O5/c1-6(2-12(17)18)13-9-5-8-7(4-11(16)14-8)3-10(9)15(19)20/h3,5-6,13H,2,4H2,1H3,(H,14,16)(H,17,18). The predicted molar refractivity (Wildman–Crippen MR) is 70.8 cm³/mol. The number of benzene rings is 1. The van der Waals surface area contributed by atoms with E-state index in [1.54, 1.807) is 6.92 Å². The molecule has 1 amide bonds. The Morgan fingerprint density at radius 3 is 2.90 bits per heavy atom. The van der Waals surface area contributed by atoms with E-state index in [-0.39, 0.29) is 30.1 Å². The number of hydrogen-bond donors (Lipinski definition) is 3. The van der Waals surface area contributed by atoms with Crippen LogP contribution in [0.4, 0.5) is 17.1 Å². The first-order chi connectivity index (χ1) is 9.36. The second kappa shape index (κ2) is 5.16. The van der Waals surface area contributed by atoms with Crippen LogP contribution in [0.15, 0.2) is 12.1 Å². The minimum atomic E-state index is -0.998. The summed E-state index contributed by atoms with van der Waals surface area (Å²) in [5.74, 6) is -1.22. The highest BCUT2D eigenvalue weighted by atomic mass is 16.6. The van der Waals surface area contributed by atoms with Gasteiger partial charge in [0.25, 0.3) is 5.69 Å². The van der Waals surface area contributed by atoms with Gasteiger partial charge < -0.3 is 15.7 Å². The van der Waals surface area contributed by atoms with Gasteiger partial charge in [-0.3, -0.25) is 19.7 Å². The Labute approximate surface area is 113 Å². The summed E-state index contributed by atoms with van der Waals surface area (Å²) in [4.78, 5) is 32.4. The molecule has 8 heteroatoms. The van der Waals surface area contributed by atoms with E-state index in [9.17, 15) is 19.7 Å². The number of amides is 1. The second-order valence-electron chi connectivity index (χ2n) is 4.65. The van der Waals surface area contributed by atoms with Crippen LogP contribution in [0.3, 0.4) is 0 Å². The summed E-state index contributed by atoms with van der Waals surface area (Å²) in [7, 11) is 0. The molecule has 2 rings (SSSR count). The van der Waals surface area contributed by atoms with Crippen molar-refractivity contribution in [3.05, 3.63) is 27.8 Å². The molecule has 0 aliphatic carbocycles. The van der Waals surface area contributed by atoms with Crippen molar-refractivity contribution in [1.29, 1.82) is 0 Å². The van der Waals surface area contributed by atoms with Gasteiger partial charge in [0.1, 0.15) is 5.69 Å². The van der Waals surface area contributed by atoms with Gasteiger partial charge >= 0.3 is 5.97 Å². The topological polar surface area (TPSA) is 122 Å². The SMILES string of the molecule is CC(CC(=O)O)Nc1cc2c(cc1[N+](=O)[O-])CC(=O)N2. The lowest BCUT2D eigenvalue weighted by Crippen LogP contribution is -2.20. The van der Waals surface area contributed by atoms with Crippen molar-refractivity contribution in [3.63, 3.8) is 0 Å². The van der Waals surface area contributed by atoms with Crippen molar-refractivity contribution in [1.82, 2.24) is 0 Å². The quantitative estimate of drug-likeness (QED) is 0.552. The smallest absolute Gasteiger partial charge is 0.305 e. The fraction of sp³-hybridized carbons (Fsp3) is 0.333. The Morgan fingerprint density at radius 1 is 1.60 bits per heavy atom. The maximum atomic E-state index is 11.3. The van der Waals surface area contributed by atoms with E-state index < -0.39 is 16.9 Å². The number of aliphatic carboxylic acids is 1. The van der Waals surface area contributed by atoms with Crippen molar-refractivity contribution in [3.8, 4) is 0 Å². The van der Waals surface area contributed by atoms with E-state index >= 15 is 0 Å². The van der Waals surface area contributed by atoms with E-state index in [4.69, 9.17) is 5.11 Å². The number of nitro benzene ring substituents is 1. The maximum Gasteiger partial charge on any atom is 0.305 e. The lowest BCUT2D eigenvalue weighted by molar-refractivity contribution is -0.384. The van der Waals surface area contributed by atoms with Crippen LogP contribution in [-0.4, -0.2) is 27.9 Å². The lowest BCUT2D eigenvalue weighted by Gasteiger charge is -2.14. The summed E-state index contributed by atoms with van der Waals surface area (Å²) in [5, 5.41) is 25.1. The zero-order valence-corrected chi connectivity index (χ0v) is 10.7. The highest BCUT2D eigenvalue weighted by Crippen LogP contribution is 2.34. The van der Waals surface area contributed by atoms with Crippen molar-refractivity contribution in [2.75, 3.05) is 10.6 Å². The van der Waals surface area contributed by atoms with Crippen molar-refractivity contribution in [2.45, 2.75) is 25.8 Å². The third kappa shape index (κ3) is 2.85. The Morgan fingerprint density at radius 2 is 2.30 bits per heavy atom. The van der Waals surface area contributed by atoms with Gasteiger partial charge in [-0.05, 0) is 18.6 Å². The molecule has 0 aromatic heterocycles. The van der Waals surface area contributed by atoms with Gasteiger partial charge in [-0.25, -0.2) is 0 Å². The molecule has 0 radical (unpaired) electrons. The van der Waals surface area contributed by atoms with Crippen LogP contribution < -0.4 is 10.6 Å². The number of nitrogens with zero attached hydrogens (tertiary/aromatic N) is 1. The molecular formula is C12H13N3O5. The molecular weight excluding hydrogens is 266 g/mol. The predicted octanol–water partition coefficient (Wildman–Crippen LogP) is 1.36. The Hall–Kier alpha value is -2.64. The zero-order chi connectivity index (χ0) is 14.9. The number of carboxylic acid groups (broad SMARTS) is 1. The highest BCUT2D eigenvalue weighted by Gasteiger charge is 2.25. The largest absolute Gasteiger partial charge is 0.481 e. The molecule has 1 aromatic rings. The van der Waals surface area contributed by atoms with E-state index in [0.29, 0.717) is 11.3 Å². The van der Waals surface area contributed by atoms with Gasteiger partial charge in [0.15, 0.2) is 0 Å². The molecule has 1 unspecified atom stereocenters. The third-order valence-corrected chi connectivity index (χ3v) is 2.93. The number of nitro groups is 1. The molecule has 0 spiro atoms. The van der Waals surface area contributed by atoms with E-state index in [0.717, 1.165) is 0 Å². The van der Waals surface area contributed by atoms with Crippen LogP contribution in [0, 0.1) is 10.1 Å². The number of nitrogens with one attached hydrogen (secondary N) is 2. The van der Waals surface area contributed by atoms with Gasteiger partial charge in [0.05, 0.1) is 17.8 Å². The number of carbonyl (C=O) groups is 2. The Bertz CT molecular complexity index is 599. The average Bonchev–Trinajstić information content (AvgIpc) is 2.65. The zero-order valence-electron chi connectivity index (χ0n) is 10.7.